The molecule has 19 heavy (non-hydrogen) atoms. The van der Waals surface area contributed by atoms with Gasteiger partial charge in [0.1, 0.15) is 17.6 Å². The molecule has 2 aromatic rings. The van der Waals surface area contributed by atoms with E-state index >= 15 is 0 Å². The van der Waals surface area contributed by atoms with Gasteiger partial charge in [0.25, 0.3) is 0 Å². The van der Waals surface area contributed by atoms with Gasteiger partial charge in [-0.05, 0) is 6.07 Å². The Labute approximate surface area is 116 Å². The minimum Gasteiger partial charge on any atom is -0.493 e. The van der Waals surface area contributed by atoms with Crippen LogP contribution in [0.3, 0.4) is 0 Å². The predicted octanol–water partition coefficient (Wildman–Crippen LogP) is 2.12. The number of ether oxygens (including phenoxy) is 2. The number of nitrogens with two attached hydrogens (primary N) is 1. The maximum Gasteiger partial charge on any atom is 0.166 e. The van der Waals surface area contributed by atoms with E-state index in [2.05, 4.69) is 4.98 Å². The number of hydrogen-bond acceptors (Lipinski definition) is 4. The van der Waals surface area contributed by atoms with Crippen molar-refractivity contribution in [2.24, 2.45) is 12.8 Å². The summed E-state index contributed by atoms with van der Waals surface area (Å²) in [5.41, 5.74) is 6.59. The second kappa shape index (κ2) is 5.95. The Balaban J connectivity index is 2.21. The Morgan fingerprint density at radius 1 is 1.42 bits per heavy atom. The standard InChI is InChI=1S/C13H16ClN3O2/c1-17-11(14)7-16-12(17)8-19-13-9(6-15)4-3-5-10(13)18-2/h3-5,7H,6,8,15H2,1-2H3. The van der Waals surface area contributed by atoms with E-state index in [0.29, 0.717) is 29.8 Å². The van der Waals surface area contributed by atoms with Crippen LogP contribution in [0.1, 0.15) is 11.4 Å². The van der Waals surface area contributed by atoms with Gasteiger partial charge < -0.3 is 19.8 Å². The van der Waals surface area contributed by atoms with Gasteiger partial charge in [-0.15, -0.1) is 0 Å². The molecule has 5 nitrogen and oxygen atoms in total. The van der Waals surface area contributed by atoms with E-state index in [1.54, 1.807) is 17.9 Å². The summed E-state index contributed by atoms with van der Waals surface area (Å²) in [4.78, 5) is 4.18. The summed E-state index contributed by atoms with van der Waals surface area (Å²) in [5, 5.41) is 0.567. The summed E-state index contributed by atoms with van der Waals surface area (Å²) < 4.78 is 12.8. The fraction of sp³-hybridized carbons (Fsp3) is 0.308. The first-order chi connectivity index (χ1) is 9.17. The molecular formula is C13H16ClN3O2. The highest BCUT2D eigenvalue weighted by Gasteiger charge is 2.11. The van der Waals surface area contributed by atoms with E-state index in [1.807, 2.05) is 25.2 Å². The van der Waals surface area contributed by atoms with Crippen molar-refractivity contribution >= 4 is 11.6 Å². The maximum atomic E-state index is 5.93. The summed E-state index contributed by atoms with van der Waals surface area (Å²) in [6, 6.07) is 5.62. The van der Waals surface area contributed by atoms with Crippen LogP contribution in [0.15, 0.2) is 24.4 Å². The fourth-order valence-corrected chi connectivity index (χ4v) is 1.89. The van der Waals surface area contributed by atoms with Gasteiger partial charge in [0.05, 0.1) is 13.3 Å². The molecule has 0 saturated carbocycles. The van der Waals surface area contributed by atoms with Crippen molar-refractivity contribution in [1.29, 1.82) is 0 Å². The number of hydrogen-bond donors (Lipinski definition) is 1. The molecule has 6 heteroatoms. The molecule has 2 rings (SSSR count). The van der Waals surface area contributed by atoms with E-state index in [1.165, 1.54) is 0 Å². The zero-order valence-electron chi connectivity index (χ0n) is 10.9. The quantitative estimate of drug-likeness (QED) is 0.912. The van der Waals surface area contributed by atoms with Crippen molar-refractivity contribution in [3.8, 4) is 11.5 Å². The van der Waals surface area contributed by atoms with Crippen LogP contribution in [0.5, 0.6) is 11.5 Å². The van der Waals surface area contributed by atoms with Crippen LogP contribution in [-0.4, -0.2) is 16.7 Å². The van der Waals surface area contributed by atoms with Crippen LogP contribution in [-0.2, 0) is 20.2 Å². The molecule has 0 aliphatic rings. The summed E-state index contributed by atoms with van der Waals surface area (Å²) >= 11 is 5.93. The summed E-state index contributed by atoms with van der Waals surface area (Å²) in [6.45, 7) is 0.685. The molecule has 0 amide bonds. The highest BCUT2D eigenvalue weighted by atomic mass is 35.5. The van der Waals surface area contributed by atoms with Gasteiger partial charge >= 0.3 is 0 Å². The average molecular weight is 282 g/mol. The molecule has 0 saturated heterocycles. The molecular weight excluding hydrogens is 266 g/mol. The van der Waals surface area contributed by atoms with Crippen molar-refractivity contribution in [3.05, 3.63) is 40.9 Å². The van der Waals surface area contributed by atoms with Crippen molar-refractivity contribution in [2.45, 2.75) is 13.2 Å². The van der Waals surface area contributed by atoms with Gasteiger partial charge in [-0.3, -0.25) is 0 Å². The third kappa shape index (κ3) is 2.83. The monoisotopic (exact) mass is 281 g/mol. The average Bonchev–Trinajstić information content (AvgIpc) is 2.76. The zero-order chi connectivity index (χ0) is 13.8. The molecule has 0 spiro atoms. The van der Waals surface area contributed by atoms with Crippen molar-refractivity contribution in [3.63, 3.8) is 0 Å². The van der Waals surface area contributed by atoms with Gasteiger partial charge in [0.2, 0.25) is 0 Å². The Hall–Kier alpha value is -1.72. The lowest BCUT2D eigenvalue weighted by Gasteiger charge is -2.14. The molecule has 0 unspecified atom stereocenters. The number of para-hydroxylation sites is 1. The molecule has 0 fully saturated rings. The number of aromatic nitrogens is 2. The second-order valence-corrected chi connectivity index (χ2v) is 4.38. The highest BCUT2D eigenvalue weighted by molar-refractivity contribution is 6.29. The third-order valence-corrected chi connectivity index (χ3v) is 3.22. The Bertz CT molecular complexity index is 547. The molecule has 102 valence electrons. The molecule has 0 bridgehead atoms. The second-order valence-electron chi connectivity index (χ2n) is 4.00. The molecule has 1 heterocycles. The first kappa shape index (κ1) is 13.7. The Kier molecular flexibility index (Phi) is 4.29. The molecule has 1 aromatic heterocycles. The number of rotatable bonds is 5. The number of nitrogens with zero attached hydrogens (tertiary/aromatic N) is 2. The molecule has 2 N–H and O–H groups in total. The van der Waals surface area contributed by atoms with E-state index in [4.69, 9.17) is 26.8 Å². The Morgan fingerprint density at radius 2 is 2.21 bits per heavy atom. The SMILES string of the molecule is COc1cccc(CN)c1OCc1ncc(Cl)n1C. The molecule has 1 aromatic carbocycles. The lowest BCUT2D eigenvalue weighted by atomic mass is 10.2. The van der Waals surface area contributed by atoms with Crippen LogP contribution in [0.25, 0.3) is 0 Å². The molecule has 0 aliphatic heterocycles. The summed E-state index contributed by atoms with van der Waals surface area (Å²) in [7, 11) is 3.43. The van der Waals surface area contributed by atoms with E-state index in [-0.39, 0.29) is 0 Å². The number of imidazole rings is 1. The molecule has 0 aliphatic carbocycles. The molecule has 0 atom stereocenters. The van der Waals surface area contributed by atoms with Crippen LogP contribution in [0.4, 0.5) is 0 Å². The van der Waals surface area contributed by atoms with Crippen molar-refractivity contribution in [2.75, 3.05) is 7.11 Å². The lowest BCUT2D eigenvalue weighted by Crippen LogP contribution is -2.07. The largest absolute Gasteiger partial charge is 0.493 e. The van der Waals surface area contributed by atoms with Gasteiger partial charge in [-0.2, -0.15) is 0 Å². The zero-order valence-corrected chi connectivity index (χ0v) is 11.6. The topological polar surface area (TPSA) is 62.3 Å². The third-order valence-electron chi connectivity index (χ3n) is 2.87. The van der Waals surface area contributed by atoms with Crippen molar-refractivity contribution < 1.29 is 9.47 Å². The minimum atomic E-state index is 0.302. The maximum absolute atomic E-state index is 5.93. The smallest absolute Gasteiger partial charge is 0.166 e. The van der Waals surface area contributed by atoms with E-state index in [9.17, 15) is 0 Å². The predicted molar refractivity (Wildman–Crippen MR) is 73.4 cm³/mol. The van der Waals surface area contributed by atoms with E-state index in [0.717, 1.165) is 11.4 Å². The van der Waals surface area contributed by atoms with Crippen LogP contribution in [0.2, 0.25) is 5.15 Å². The van der Waals surface area contributed by atoms with Gasteiger partial charge in [0.15, 0.2) is 11.5 Å². The van der Waals surface area contributed by atoms with Crippen LogP contribution >= 0.6 is 11.6 Å². The number of benzene rings is 1. The van der Waals surface area contributed by atoms with Crippen LogP contribution < -0.4 is 15.2 Å². The fourth-order valence-electron chi connectivity index (χ4n) is 1.74. The van der Waals surface area contributed by atoms with Crippen LogP contribution in [0, 0.1) is 0 Å². The van der Waals surface area contributed by atoms with E-state index < -0.39 is 0 Å². The number of methoxy groups -OCH3 is 1. The van der Waals surface area contributed by atoms with Gasteiger partial charge in [0, 0.05) is 19.2 Å². The highest BCUT2D eigenvalue weighted by Crippen LogP contribution is 2.31. The first-order valence-electron chi connectivity index (χ1n) is 5.82. The van der Waals surface area contributed by atoms with Gasteiger partial charge in [-0.1, -0.05) is 23.7 Å². The summed E-state index contributed by atoms with van der Waals surface area (Å²) in [6.07, 6.45) is 1.59. The van der Waals surface area contributed by atoms with Crippen molar-refractivity contribution in [1.82, 2.24) is 9.55 Å². The normalized spacial score (nSPS) is 10.5. The lowest BCUT2D eigenvalue weighted by molar-refractivity contribution is 0.270. The van der Waals surface area contributed by atoms with Gasteiger partial charge in [-0.25, -0.2) is 4.98 Å². The summed E-state index contributed by atoms with van der Waals surface area (Å²) in [5.74, 6) is 2.04. The molecule has 0 radical (unpaired) electrons. The number of halogens is 1. The minimum absolute atomic E-state index is 0.302. The first-order valence-corrected chi connectivity index (χ1v) is 6.20. The Morgan fingerprint density at radius 3 is 2.79 bits per heavy atom.